The summed E-state index contributed by atoms with van der Waals surface area (Å²) < 4.78 is 26.2. The Morgan fingerprint density at radius 3 is 2.00 bits per heavy atom. The van der Waals surface area contributed by atoms with Gasteiger partial charge in [-0.05, 0) is 63.3 Å². The number of hydrogen-bond donors (Lipinski definition) is 1. The van der Waals surface area contributed by atoms with Gasteiger partial charge in [-0.25, -0.2) is 8.42 Å². The molecule has 0 aliphatic carbocycles. The molecule has 0 aliphatic heterocycles. The third-order valence-corrected chi connectivity index (χ3v) is 6.23. The molecule has 0 saturated carbocycles. The van der Waals surface area contributed by atoms with Gasteiger partial charge in [0.2, 0.25) is 15.9 Å². The van der Waals surface area contributed by atoms with Gasteiger partial charge in [0.05, 0.1) is 18.0 Å². The predicted octanol–water partition coefficient (Wildman–Crippen LogP) is 4.26. The maximum atomic E-state index is 12.9. The number of benzene rings is 2. The van der Waals surface area contributed by atoms with Gasteiger partial charge in [0.1, 0.15) is 6.54 Å². The summed E-state index contributed by atoms with van der Waals surface area (Å²) in [6.07, 6.45) is 1.86. The molecule has 1 N–H and O–H groups in total. The highest BCUT2D eigenvalue weighted by atomic mass is 32.2. The molecule has 2 aromatic rings. The van der Waals surface area contributed by atoms with Gasteiger partial charge in [0.25, 0.3) is 0 Å². The van der Waals surface area contributed by atoms with Gasteiger partial charge in [-0.15, -0.1) is 0 Å². The molecule has 0 saturated heterocycles. The monoisotopic (exact) mass is 416 g/mol. The van der Waals surface area contributed by atoms with Crippen LogP contribution in [0.25, 0.3) is 0 Å². The van der Waals surface area contributed by atoms with Crippen LogP contribution in [0.4, 0.5) is 5.69 Å². The Morgan fingerprint density at radius 1 is 0.966 bits per heavy atom. The maximum Gasteiger partial charge on any atom is 0.241 e. The molecule has 1 atom stereocenters. The summed E-state index contributed by atoms with van der Waals surface area (Å²) in [6.45, 7) is 11.5. The number of anilines is 1. The Balaban J connectivity index is 2.32. The lowest BCUT2D eigenvalue weighted by Crippen LogP contribution is -2.42. The van der Waals surface area contributed by atoms with Crippen molar-refractivity contribution in [2.75, 3.05) is 17.1 Å². The summed E-state index contributed by atoms with van der Waals surface area (Å²) in [4.78, 5) is 12.9. The van der Waals surface area contributed by atoms with E-state index in [0.29, 0.717) is 5.69 Å². The molecule has 1 amide bonds. The second-order valence-corrected chi connectivity index (χ2v) is 9.81. The molecule has 0 fully saturated rings. The summed E-state index contributed by atoms with van der Waals surface area (Å²) >= 11 is 0. The van der Waals surface area contributed by atoms with E-state index in [0.717, 1.165) is 40.5 Å². The van der Waals surface area contributed by atoms with Crippen LogP contribution in [0.3, 0.4) is 0 Å². The standard InChI is InChI=1S/C23H32N2O3S/c1-8-21(20-10-9-15(2)11-17(20)4)24-22(26)14-25(29(7,27)28)23-18(5)12-16(3)13-19(23)6/h9-13,21H,8,14H2,1-7H3,(H,24,26)/t21-/m0/s1. The van der Waals surface area contributed by atoms with Crippen LogP contribution < -0.4 is 9.62 Å². The van der Waals surface area contributed by atoms with Crippen molar-refractivity contribution in [2.24, 2.45) is 0 Å². The molecule has 158 valence electrons. The largest absolute Gasteiger partial charge is 0.348 e. The summed E-state index contributed by atoms with van der Waals surface area (Å²) in [7, 11) is -3.62. The molecule has 0 heterocycles. The number of carbonyl (C=O) groups is 1. The van der Waals surface area contributed by atoms with Crippen LogP contribution >= 0.6 is 0 Å². The lowest BCUT2D eigenvalue weighted by atomic mass is 9.97. The molecule has 0 aromatic heterocycles. The summed E-state index contributed by atoms with van der Waals surface area (Å²) in [6, 6.07) is 9.85. The van der Waals surface area contributed by atoms with Gasteiger partial charge < -0.3 is 5.32 Å². The van der Waals surface area contributed by atoms with Crippen LogP contribution in [-0.4, -0.2) is 27.1 Å². The van der Waals surface area contributed by atoms with E-state index in [1.807, 2.05) is 65.8 Å². The molecule has 5 nitrogen and oxygen atoms in total. The molecule has 2 rings (SSSR count). The fourth-order valence-electron chi connectivity index (χ4n) is 3.91. The molecule has 0 bridgehead atoms. The number of hydrogen-bond acceptors (Lipinski definition) is 3. The fourth-order valence-corrected chi connectivity index (χ4v) is 4.89. The van der Waals surface area contributed by atoms with Crippen LogP contribution in [0, 0.1) is 34.6 Å². The molecule has 6 heteroatoms. The van der Waals surface area contributed by atoms with Gasteiger partial charge in [0, 0.05) is 0 Å². The van der Waals surface area contributed by atoms with Crippen LogP contribution in [0.5, 0.6) is 0 Å². The van der Waals surface area contributed by atoms with Gasteiger partial charge in [-0.3, -0.25) is 9.10 Å². The second-order valence-electron chi connectivity index (χ2n) is 7.91. The van der Waals surface area contributed by atoms with E-state index in [2.05, 4.69) is 11.4 Å². The van der Waals surface area contributed by atoms with E-state index < -0.39 is 10.0 Å². The topological polar surface area (TPSA) is 66.5 Å². The molecular weight excluding hydrogens is 384 g/mol. The number of carbonyl (C=O) groups excluding carboxylic acids is 1. The molecule has 2 aromatic carbocycles. The first-order chi connectivity index (χ1) is 13.4. The van der Waals surface area contributed by atoms with Crippen molar-refractivity contribution in [3.05, 3.63) is 63.7 Å². The van der Waals surface area contributed by atoms with Crippen LogP contribution in [0.2, 0.25) is 0 Å². The Kier molecular flexibility index (Phi) is 7.11. The minimum absolute atomic E-state index is 0.162. The first-order valence-electron chi connectivity index (χ1n) is 9.86. The minimum Gasteiger partial charge on any atom is -0.348 e. The summed E-state index contributed by atoms with van der Waals surface area (Å²) in [5, 5.41) is 3.02. The highest BCUT2D eigenvalue weighted by Gasteiger charge is 2.25. The Morgan fingerprint density at radius 2 is 1.52 bits per heavy atom. The molecule has 0 aliphatic rings. The Bertz CT molecular complexity index is 990. The van der Waals surface area contributed by atoms with Crippen molar-refractivity contribution in [2.45, 2.75) is 54.0 Å². The van der Waals surface area contributed by atoms with Crippen molar-refractivity contribution in [1.29, 1.82) is 0 Å². The van der Waals surface area contributed by atoms with Gasteiger partial charge in [-0.2, -0.15) is 0 Å². The van der Waals surface area contributed by atoms with E-state index >= 15 is 0 Å². The second kappa shape index (κ2) is 8.99. The SMILES string of the molecule is CC[C@H](NC(=O)CN(c1c(C)cc(C)cc1C)S(C)(=O)=O)c1ccc(C)cc1C. The van der Waals surface area contributed by atoms with Crippen LogP contribution in [-0.2, 0) is 14.8 Å². The minimum atomic E-state index is -3.62. The number of amides is 1. The van der Waals surface area contributed by atoms with Crippen LogP contribution in [0.1, 0.15) is 52.8 Å². The zero-order valence-corrected chi connectivity index (χ0v) is 19.3. The molecule has 0 spiro atoms. The number of aryl methyl sites for hydroxylation is 5. The van der Waals surface area contributed by atoms with E-state index in [1.54, 1.807) is 0 Å². The number of sulfonamides is 1. The Hall–Kier alpha value is -2.34. The zero-order chi connectivity index (χ0) is 21.9. The van der Waals surface area contributed by atoms with E-state index in [1.165, 1.54) is 9.87 Å². The van der Waals surface area contributed by atoms with Crippen molar-refractivity contribution >= 4 is 21.6 Å². The highest BCUT2D eigenvalue weighted by Crippen LogP contribution is 2.28. The smallest absolute Gasteiger partial charge is 0.241 e. The predicted molar refractivity (Wildman–Crippen MR) is 120 cm³/mol. The van der Waals surface area contributed by atoms with E-state index in [-0.39, 0.29) is 18.5 Å². The van der Waals surface area contributed by atoms with Gasteiger partial charge >= 0.3 is 0 Å². The average molecular weight is 417 g/mol. The van der Waals surface area contributed by atoms with Crippen molar-refractivity contribution in [3.8, 4) is 0 Å². The third kappa shape index (κ3) is 5.60. The average Bonchev–Trinajstić information content (AvgIpc) is 2.57. The zero-order valence-electron chi connectivity index (χ0n) is 18.5. The quantitative estimate of drug-likeness (QED) is 0.733. The maximum absolute atomic E-state index is 12.9. The fraction of sp³-hybridized carbons (Fsp3) is 0.435. The van der Waals surface area contributed by atoms with Gasteiger partial charge in [0.15, 0.2) is 0 Å². The molecular formula is C23H32N2O3S. The molecule has 29 heavy (non-hydrogen) atoms. The number of rotatable bonds is 7. The number of nitrogens with one attached hydrogen (secondary N) is 1. The first kappa shape index (κ1) is 22.9. The third-order valence-electron chi connectivity index (χ3n) is 5.12. The Labute approximate surface area is 175 Å². The normalized spacial score (nSPS) is 12.5. The van der Waals surface area contributed by atoms with Crippen LogP contribution in [0.15, 0.2) is 30.3 Å². The molecule has 0 radical (unpaired) electrons. The highest BCUT2D eigenvalue weighted by molar-refractivity contribution is 7.92. The first-order valence-corrected chi connectivity index (χ1v) is 11.7. The summed E-state index contributed by atoms with van der Waals surface area (Å²) in [5.74, 6) is -0.318. The van der Waals surface area contributed by atoms with E-state index in [9.17, 15) is 13.2 Å². The van der Waals surface area contributed by atoms with Gasteiger partial charge in [-0.1, -0.05) is 48.4 Å². The lowest BCUT2D eigenvalue weighted by Gasteiger charge is -2.27. The van der Waals surface area contributed by atoms with Crippen molar-refractivity contribution in [1.82, 2.24) is 5.32 Å². The number of nitrogens with zero attached hydrogens (tertiary/aromatic N) is 1. The summed E-state index contributed by atoms with van der Waals surface area (Å²) in [5.41, 5.74) is 6.64. The van der Waals surface area contributed by atoms with Crippen molar-refractivity contribution < 1.29 is 13.2 Å². The lowest BCUT2D eigenvalue weighted by molar-refractivity contribution is -0.120. The molecule has 0 unspecified atom stereocenters. The van der Waals surface area contributed by atoms with E-state index in [4.69, 9.17) is 0 Å². The van der Waals surface area contributed by atoms with Crippen molar-refractivity contribution in [3.63, 3.8) is 0 Å².